The van der Waals surface area contributed by atoms with Crippen molar-refractivity contribution >= 4 is 16.9 Å². The molecule has 3 aromatic rings. The molecule has 124 valence electrons. The number of fused-ring (bicyclic) bond motifs is 1. The normalized spacial score (nSPS) is 12.2. The van der Waals surface area contributed by atoms with Gasteiger partial charge in [-0.15, -0.1) is 0 Å². The molecule has 0 bridgehead atoms. The number of benzene rings is 2. The molecule has 0 saturated carbocycles. The highest BCUT2D eigenvalue weighted by Crippen LogP contribution is 2.17. The lowest BCUT2D eigenvalue weighted by Crippen LogP contribution is -2.87. The number of hydrogen-bond acceptors (Lipinski definition) is 2. The summed E-state index contributed by atoms with van der Waals surface area (Å²) in [7, 11) is 0. The lowest BCUT2D eigenvalue weighted by Gasteiger charge is -2.14. The Labute approximate surface area is 141 Å². The lowest BCUT2D eigenvalue weighted by atomic mass is 10.1. The molecule has 0 amide bonds. The van der Waals surface area contributed by atoms with Crippen LogP contribution in [0.25, 0.3) is 10.9 Å². The highest BCUT2D eigenvalue weighted by atomic mass is 16.5. The van der Waals surface area contributed by atoms with Gasteiger partial charge in [-0.05, 0) is 18.6 Å². The second-order valence-electron chi connectivity index (χ2n) is 5.77. The predicted octanol–water partition coefficient (Wildman–Crippen LogP) is 2.58. The maximum Gasteiger partial charge on any atom is 0.369 e. The summed E-state index contributed by atoms with van der Waals surface area (Å²) in [6.07, 6.45) is 2.95. The van der Waals surface area contributed by atoms with E-state index < -0.39 is 0 Å². The number of ether oxygens (including phenoxy) is 1. The molecule has 1 heterocycles. The van der Waals surface area contributed by atoms with Crippen LogP contribution in [0.1, 0.15) is 24.1 Å². The Bertz CT molecular complexity index is 796. The van der Waals surface area contributed by atoms with Gasteiger partial charge < -0.3 is 15.0 Å². The monoisotopic (exact) mass is 323 g/mol. The van der Waals surface area contributed by atoms with E-state index in [2.05, 4.69) is 34.7 Å². The third kappa shape index (κ3) is 3.66. The molecule has 0 saturated heterocycles. The van der Waals surface area contributed by atoms with Crippen molar-refractivity contribution in [2.45, 2.75) is 19.4 Å². The van der Waals surface area contributed by atoms with Crippen molar-refractivity contribution in [2.75, 3.05) is 13.2 Å². The third-order valence-corrected chi connectivity index (χ3v) is 4.19. The van der Waals surface area contributed by atoms with Gasteiger partial charge in [0.2, 0.25) is 6.04 Å². The molecule has 2 aromatic carbocycles. The number of nitrogens with two attached hydrogens (primary N) is 1. The minimum atomic E-state index is -0.309. The van der Waals surface area contributed by atoms with Gasteiger partial charge in [-0.1, -0.05) is 48.5 Å². The van der Waals surface area contributed by atoms with Gasteiger partial charge in [0.25, 0.3) is 0 Å². The molecule has 0 aliphatic carbocycles. The molecule has 0 radical (unpaired) electrons. The van der Waals surface area contributed by atoms with E-state index in [0.717, 1.165) is 24.0 Å². The molecular formula is C20H23N2O2+. The largest absolute Gasteiger partial charge is 0.461 e. The number of nitrogens with one attached hydrogen (secondary N) is 1. The van der Waals surface area contributed by atoms with Crippen molar-refractivity contribution in [2.24, 2.45) is 0 Å². The molecule has 0 unspecified atom stereocenters. The van der Waals surface area contributed by atoms with Crippen LogP contribution in [0.2, 0.25) is 0 Å². The van der Waals surface area contributed by atoms with Crippen molar-refractivity contribution in [3.8, 4) is 0 Å². The van der Waals surface area contributed by atoms with Gasteiger partial charge in [0.1, 0.15) is 0 Å². The van der Waals surface area contributed by atoms with Crippen LogP contribution in [0, 0.1) is 0 Å². The van der Waals surface area contributed by atoms with Gasteiger partial charge in [0.05, 0.1) is 13.2 Å². The fourth-order valence-corrected chi connectivity index (χ4v) is 3.00. The first-order valence-corrected chi connectivity index (χ1v) is 8.39. The van der Waals surface area contributed by atoms with Crippen molar-refractivity contribution in [3.05, 3.63) is 71.9 Å². The molecule has 1 aromatic heterocycles. The third-order valence-electron chi connectivity index (χ3n) is 4.19. The van der Waals surface area contributed by atoms with Crippen LogP contribution in [-0.4, -0.2) is 24.1 Å². The van der Waals surface area contributed by atoms with Gasteiger partial charge in [-0.2, -0.15) is 0 Å². The Balaban J connectivity index is 1.68. The van der Waals surface area contributed by atoms with E-state index in [-0.39, 0.29) is 12.0 Å². The predicted molar refractivity (Wildman–Crippen MR) is 94.6 cm³/mol. The summed E-state index contributed by atoms with van der Waals surface area (Å²) in [5.74, 6) is -0.178. The molecule has 0 aliphatic rings. The summed E-state index contributed by atoms with van der Waals surface area (Å²) in [4.78, 5) is 15.6. The number of aromatic amines is 1. The van der Waals surface area contributed by atoms with Gasteiger partial charge in [-0.3, -0.25) is 0 Å². The first-order chi connectivity index (χ1) is 11.8. The Kier molecular flexibility index (Phi) is 5.29. The SMILES string of the molecule is CCOC(=O)[C@H]([NH2+]CCc1c[nH]c2ccccc12)c1ccccc1. The number of esters is 1. The van der Waals surface area contributed by atoms with Gasteiger partial charge >= 0.3 is 5.97 Å². The minimum absolute atomic E-state index is 0.178. The molecule has 4 heteroatoms. The van der Waals surface area contributed by atoms with E-state index in [1.807, 2.05) is 43.3 Å². The van der Waals surface area contributed by atoms with Crippen LogP contribution in [0.15, 0.2) is 60.8 Å². The first kappa shape index (κ1) is 16.3. The smallest absolute Gasteiger partial charge is 0.369 e. The summed E-state index contributed by atoms with van der Waals surface area (Å²) < 4.78 is 5.24. The summed E-state index contributed by atoms with van der Waals surface area (Å²) in [5, 5.41) is 3.31. The van der Waals surface area contributed by atoms with Crippen LogP contribution >= 0.6 is 0 Å². The standard InChI is InChI=1S/C20H22N2O2/c1-2-24-20(23)19(15-8-4-3-5-9-15)21-13-12-16-14-22-18-11-7-6-10-17(16)18/h3-11,14,19,21-22H,2,12-13H2,1H3/p+1/t19-/m1/s1. The van der Waals surface area contributed by atoms with Crippen molar-refractivity contribution < 1.29 is 14.8 Å². The molecule has 0 spiro atoms. The number of carbonyl (C=O) groups excluding carboxylic acids is 1. The lowest BCUT2D eigenvalue weighted by molar-refractivity contribution is -0.684. The second kappa shape index (κ2) is 7.79. The first-order valence-electron chi connectivity index (χ1n) is 8.39. The average molecular weight is 323 g/mol. The van der Waals surface area contributed by atoms with Crippen molar-refractivity contribution in [3.63, 3.8) is 0 Å². The van der Waals surface area contributed by atoms with E-state index in [0.29, 0.717) is 6.61 Å². The van der Waals surface area contributed by atoms with E-state index in [9.17, 15) is 4.79 Å². The highest BCUT2D eigenvalue weighted by Gasteiger charge is 2.25. The molecule has 0 aliphatic heterocycles. The highest BCUT2D eigenvalue weighted by molar-refractivity contribution is 5.83. The van der Waals surface area contributed by atoms with Crippen LogP contribution in [0.4, 0.5) is 0 Å². The zero-order valence-corrected chi connectivity index (χ0v) is 13.9. The molecule has 24 heavy (non-hydrogen) atoms. The van der Waals surface area contributed by atoms with Gasteiger partial charge in [0.15, 0.2) is 0 Å². The topological polar surface area (TPSA) is 58.7 Å². The number of aromatic nitrogens is 1. The maximum absolute atomic E-state index is 12.3. The number of para-hydroxylation sites is 1. The van der Waals surface area contributed by atoms with Gasteiger partial charge in [0, 0.05) is 29.1 Å². The maximum atomic E-state index is 12.3. The van der Waals surface area contributed by atoms with Crippen LogP contribution in [0.3, 0.4) is 0 Å². The zero-order chi connectivity index (χ0) is 16.8. The summed E-state index contributed by atoms with van der Waals surface area (Å²) in [6.45, 7) is 3.06. The molecule has 3 rings (SSSR count). The Morgan fingerprint density at radius 3 is 2.67 bits per heavy atom. The van der Waals surface area contributed by atoms with Crippen LogP contribution in [-0.2, 0) is 16.0 Å². The molecular weight excluding hydrogens is 300 g/mol. The molecule has 3 N–H and O–H groups in total. The molecule has 0 fully saturated rings. The number of carbonyl (C=O) groups is 1. The van der Waals surface area contributed by atoms with Crippen molar-refractivity contribution in [1.29, 1.82) is 0 Å². The Morgan fingerprint density at radius 2 is 1.88 bits per heavy atom. The number of rotatable bonds is 7. The molecule has 4 nitrogen and oxygen atoms in total. The average Bonchev–Trinajstić information content (AvgIpc) is 3.03. The van der Waals surface area contributed by atoms with E-state index >= 15 is 0 Å². The molecule has 1 atom stereocenters. The van der Waals surface area contributed by atoms with E-state index in [1.165, 1.54) is 10.9 Å². The Morgan fingerprint density at radius 1 is 1.12 bits per heavy atom. The summed E-state index contributed by atoms with van der Waals surface area (Å²) >= 11 is 0. The number of H-pyrrole nitrogens is 1. The summed E-state index contributed by atoms with van der Waals surface area (Å²) in [5.41, 5.74) is 3.41. The van der Waals surface area contributed by atoms with Crippen LogP contribution < -0.4 is 5.32 Å². The van der Waals surface area contributed by atoms with Crippen LogP contribution in [0.5, 0.6) is 0 Å². The minimum Gasteiger partial charge on any atom is -0.461 e. The number of hydrogen-bond donors (Lipinski definition) is 2. The van der Waals surface area contributed by atoms with E-state index in [4.69, 9.17) is 4.74 Å². The van der Waals surface area contributed by atoms with E-state index in [1.54, 1.807) is 0 Å². The fraction of sp³-hybridized carbons (Fsp3) is 0.250. The summed E-state index contributed by atoms with van der Waals surface area (Å²) in [6, 6.07) is 17.8. The second-order valence-corrected chi connectivity index (χ2v) is 5.77. The number of quaternary nitrogens is 1. The fourth-order valence-electron chi connectivity index (χ4n) is 3.00. The Hall–Kier alpha value is -2.59. The quantitative estimate of drug-likeness (QED) is 0.657. The zero-order valence-electron chi connectivity index (χ0n) is 13.9. The van der Waals surface area contributed by atoms with Gasteiger partial charge in [-0.25, -0.2) is 4.79 Å². The van der Waals surface area contributed by atoms with Crippen molar-refractivity contribution in [1.82, 2.24) is 4.98 Å².